The van der Waals surface area contributed by atoms with Gasteiger partial charge < -0.3 is 14.2 Å². The molecule has 0 aliphatic rings. The molecule has 0 spiro atoms. The quantitative estimate of drug-likeness (QED) is 0.0262. The molecule has 0 aromatic rings. The molecule has 1 unspecified atom stereocenters. The van der Waals surface area contributed by atoms with Gasteiger partial charge in [0.1, 0.15) is 13.2 Å². The van der Waals surface area contributed by atoms with E-state index in [1.54, 1.807) is 0 Å². The van der Waals surface area contributed by atoms with Gasteiger partial charge in [0.05, 0.1) is 0 Å². The Morgan fingerprint density at radius 3 is 0.969 bits per heavy atom. The van der Waals surface area contributed by atoms with Gasteiger partial charge >= 0.3 is 17.9 Å². The molecule has 0 bridgehead atoms. The SMILES string of the molecule is CC/C=C\C/C=C\C/C=C\C/C=C\C/C=C\CCCCCC(=O)OC(COC(=O)CCCCCCCC)COC(=O)CCCCCCCC/C=C\C/C=C\C/C=C\CCCCCCC. The first-order valence-corrected chi connectivity index (χ1v) is 26.2. The number of carbonyl (C=O) groups is 3. The molecule has 64 heavy (non-hydrogen) atoms. The molecule has 6 nitrogen and oxygen atoms in total. The van der Waals surface area contributed by atoms with Gasteiger partial charge in [-0.1, -0.05) is 208 Å². The van der Waals surface area contributed by atoms with Gasteiger partial charge in [-0.3, -0.25) is 14.4 Å². The number of hydrogen-bond acceptors (Lipinski definition) is 6. The number of hydrogen-bond donors (Lipinski definition) is 0. The summed E-state index contributed by atoms with van der Waals surface area (Å²) in [7, 11) is 0. The van der Waals surface area contributed by atoms with E-state index in [1.807, 2.05) is 0 Å². The van der Waals surface area contributed by atoms with Crippen LogP contribution in [0.3, 0.4) is 0 Å². The van der Waals surface area contributed by atoms with Crippen molar-refractivity contribution in [1.29, 1.82) is 0 Å². The summed E-state index contributed by atoms with van der Waals surface area (Å²) in [6.45, 7) is 6.40. The van der Waals surface area contributed by atoms with Gasteiger partial charge in [-0.15, -0.1) is 0 Å². The minimum atomic E-state index is -0.798. The van der Waals surface area contributed by atoms with E-state index in [0.717, 1.165) is 116 Å². The Kier molecular flexibility index (Phi) is 49.0. The van der Waals surface area contributed by atoms with Crippen molar-refractivity contribution in [3.05, 3.63) is 97.2 Å². The predicted molar refractivity (Wildman–Crippen MR) is 274 cm³/mol. The van der Waals surface area contributed by atoms with E-state index < -0.39 is 6.10 Å². The highest BCUT2D eigenvalue weighted by Gasteiger charge is 2.19. The van der Waals surface area contributed by atoms with Crippen molar-refractivity contribution in [3.8, 4) is 0 Å². The van der Waals surface area contributed by atoms with E-state index in [-0.39, 0.29) is 37.5 Å². The fourth-order valence-electron chi connectivity index (χ4n) is 6.89. The number of carbonyl (C=O) groups excluding carboxylic acids is 3. The summed E-state index contributed by atoms with van der Waals surface area (Å²) in [6, 6.07) is 0. The van der Waals surface area contributed by atoms with Crippen molar-refractivity contribution in [2.24, 2.45) is 0 Å². The number of rotatable bonds is 46. The van der Waals surface area contributed by atoms with Crippen molar-refractivity contribution in [2.75, 3.05) is 13.2 Å². The zero-order chi connectivity index (χ0) is 46.5. The summed E-state index contributed by atoms with van der Waals surface area (Å²) in [4.78, 5) is 37.8. The minimum absolute atomic E-state index is 0.0966. The smallest absolute Gasteiger partial charge is 0.306 e. The van der Waals surface area contributed by atoms with Crippen LogP contribution in [-0.2, 0) is 28.6 Å². The van der Waals surface area contributed by atoms with Crippen molar-refractivity contribution in [3.63, 3.8) is 0 Å². The van der Waals surface area contributed by atoms with Crippen LogP contribution in [0.25, 0.3) is 0 Å². The molecule has 0 aliphatic carbocycles. The van der Waals surface area contributed by atoms with Crippen molar-refractivity contribution in [1.82, 2.24) is 0 Å². The maximum atomic E-state index is 12.8. The molecule has 0 radical (unpaired) electrons. The first-order chi connectivity index (χ1) is 31.5. The van der Waals surface area contributed by atoms with E-state index >= 15 is 0 Å². The molecular weight excluding hydrogens is 793 g/mol. The molecule has 0 N–H and O–H groups in total. The Labute approximate surface area is 394 Å². The summed E-state index contributed by atoms with van der Waals surface area (Å²) in [6.07, 6.45) is 68.4. The summed E-state index contributed by atoms with van der Waals surface area (Å²) in [5.74, 6) is -0.955. The highest BCUT2D eigenvalue weighted by Crippen LogP contribution is 2.13. The van der Waals surface area contributed by atoms with Crippen LogP contribution in [0.2, 0.25) is 0 Å². The Morgan fingerprint density at radius 1 is 0.328 bits per heavy atom. The minimum Gasteiger partial charge on any atom is -0.462 e. The lowest BCUT2D eigenvalue weighted by Crippen LogP contribution is -2.30. The van der Waals surface area contributed by atoms with Gasteiger partial charge in [-0.05, 0) is 103 Å². The molecule has 0 aromatic carbocycles. The van der Waals surface area contributed by atoms with Gasteiger partial charge in [0.15, 0.2) is 6.10 Å². The molecule has 364 valence electrons. The number of allylic oxidation sites excluding steroid dienone is 16. The largest absolute Gasteiger partial charge is 0.462 e. The monoisotopic (exact) mass is 889 g/mol. The number of unbranched alkanes of at least 4 members (excludes halogenated alkanes) is 19. The lowest BCUT2D eigenvalue weighted by Gasteiger charge is -2.18. The van der Waals surface area contributed by atoms with Gasteiger partial charge in [0.2, 0.25) is 0 Å². The highest BCUT2D eigenvalue weighted by atomic mass is 16.6. The molecule has 0 rings (SSSR count). The van der Waals surface area contributed by atoms with Crippen molar-refractivity contribution >= 4 is 17.9 Å². The molecule has 0 amide bonds. The Morgan fingerprint density at radius 2 is 0.609 bits per heavy atom. The topological polar surface area (TPSA) is 78.9 Å². The van der Waals surface area contributed by atoms with E-state index in [4.69, 9.17) is 14.2 Å². The molecule has 6 heteroatoms. The van der Waals surface area contributed by atoms with E-state index in [9.17, 15) is 14.4 Å². The van der Waals surface area contributed by atoms with Crippen LogP contribution in [0.5, 0.6) is 0 Å². The lowest BCUT2D eigenvalue weighted by atomic mass is 10.1. The van der Waals surface area contributed by atoms with Crippen LogP contribution in [0.15, 0.2) is 97.2 Å². The third kappa shape index (κ3) is 49.3. The van der Waals surface area contributed by atoms with Gasteiger partial charge in [0, 0.05) is 19.3 Å². The second-order valence-corrected chi connectivity index (χ2v) is 17.1. The molecule has 0 saturated carbocycles. The molecule has 0 aliphatic heterocycles. The highest BCUT2D eigenvalue weighted by molar-refractivity contribution is 5.71. The molecule has 0 saturated heterocycles. The van der Waals surface area contributed by atoms with Crippen LogP contribution in [-0.4, -0.2) is 37.2 Å². The van der Waals surface area contributed by atoms with E-state index in [0.29, 0.717) is 12.8 Å². The van der Waals surface area contributed by atoms with Crippen molar-refractivity contribution in [2.45, 2.75) is 239 Å². The first-order valence-electron chi connectivity index (χ1n) is 26.2. The predicted octanol–water partition coefficient (Wildman–Crippen LogP) is 17.4. The first kappa shape index (κ1) is 60.3. The second kappa shape index (κ2) is 52.0. The standard InChI is InChI=1S/C58H96O6/c1-4-7-10-13-16-18-20-22-24-26-28-29-31-32-34-36-38-40-42-45-48-51-57(60)63-54-55(53-62-56(59)50-47-44-15-12-9-6-3)64-58(61)52-49-46-43-41-39-37-35-33-30-27-25-23-21-19-17-14-11-8-5-2/h8,11,17,19-20,22-23,25-26,28,30-33,37,39,55H,4-7,9-10,12-16,18,21,24,27,29,34-36,38,40-54H2,1-3H3/b11-8-,19-17-,22-20-,25-23-,28-26-,32-31-,33-30-,39-37-. The number of ether oxygens (including phenoxy) is 3. The third-order valence-corrected chi connectivity index (χ3v) is 10.8. The molecule has 0 fully saturated rings. The summed E-state index contributed by atoms with van der Waals surface area (Å²) < 4.78 is 16.7. The Bertz CT molecular complexity index is 1300. The zero-order valence-electron chi connectivity index (χ0n) is 41.5. The van der Waals surface area contributed by atoms with E-state index in [1.165, 1.54) is 77.0 Å². The Balaban J connectivity index is 4.31. The second-order valence-electron chi connectivity index (χ2n) is 17.1. The summed E-state index contributed by atoms with van der Waals surface area (Å²) >= 11 is 0. The molecule has 0 heterocycles. The van der Waals surface area contributed by atoms with Gasteiger partial charge in [-0.2, -0.15) is 0 Å². The van der Waals surface area contributed by atoms with Crippen LogP contribution < -0.4 is 0 Å². The van der Waals surface area contributed by atoms with Crippen LogP contribution in [0.4, 0.5) is 0 Å². The van der Waals surface area contributed by atoms with Crippen molar-refractivity contribution < 1.29 is 28.6 Å². The number of esters is 3. The average molecular weight is 889 g/mol. The average Bonchev–Trinajstić information content (AvgIpc) is 3.29. The maximum Gasteiger partial charge on any atom is 0.306 e. The van der Waals surface area contributed by atoms with Crippen LogP contribution >= 0.6 is 0 Å². The third-order valence-electron chi connectivity index (χ3n) is 10.8. The fourth-order valence-corrected chi connectivity index (χ4v) is 6.89. The van der Waals surface area contributed by atoms with Crippen LogP contribution in [0.1, 0.15) is 233 Å². The Hall–Kier alpha value is -3.67. The normalized spacial score (nSPS) is 12.9. The molecular formula is C58H96O6. The van der Waals surface area contributed by atoms with Gasteiger partial charge in [-0.25, -0.2) is 0 Å². The summed E-state index contributed by atoms with van der Waals surface area (Å²) in [5, 5.41) is 0. The molecule has 0 aromatic heterocycles. The molecule has 1 atom stereocenters. The summed E-state index contributed by atoms with van der Waals surface area (Å²) in [5.41, 5.74) is 0. The lowest BCUT2D eigenvalue weighted by molar-refractivity contribution is -0.167. The van der Waals surface area contributed by atoms with Gasteiger partial charge in [0.25, 0.3) is 0 Å². The fraction of sp³-hybridized carbons (Fsp3) is 0.672. The zero-order valence-corrected chi connectivity index (χ0v) is 41.5. The van der Waals surface area contributed by atoms with Crippen LogP contribution in [0, 0.1) is 0 Å². The van der Waals surface area contributed by atoms with E-state index in [2.05, 4.69) is 118 Å². The maximum absolute atomic E-state index is 12.8.